The van der Waals surface area contributed by atoms with E-state index >= 15 is 0 Å². The van der Waals surface area contributed by atoms with Crippen molar-refractivity contribution in [2.75, 3.05) is 11.9 Å². The highest BCUT2D eigenvalue weighted by atomic mass is 16.2. The van der Waals surface area contributed by atoms with E-state index in [9.17, 15) is 4.79 Å². The van der Waals surface area contributed by atoms with Crippen LogP contribution in [0.3, 0.4) is 0 Å². The van der Waals surface area contributed by atoms with Crippen LogP contribution in [0.1, 0.15) is 43.4 Å². The molecule has 122 valence electrons. The Kier molecular flexibility index (Phi) is 6.82. The molecule has 2 rings (SSSR count). The van der Waals surface area contributed by atoms with Crippen molar-refractivity contribution in [3.8, 4) is 0 Å². The number of nitrogens with two attached hydrogens (primary N) is 1. The molecule has 0 aliphatic heterocycles. The summed E-state index contributed by atoms with van der Waals surface area (Å²) in [6.07, 6.45) is 3.54. The summed E-state index contributed by atoms with van der Waals surface area (Å²) in [5, 5.41) is 5.19. The molecule has 0 saturated carbocycles. The first-order chi connectivity index (χ1) is 11.2. The largest absolute Gasteiger partial charge is 0.332 e. The summed E-state index contributed by atoms with van der Waals surface area (Å²) in [5.41, 5.74) is 3.09. The Hall–Kier alpha value is -2.13. The predicted molar refractivity (Wildman–Crippen MR) is 95.3 cm³/mol. The Balaban J connectivity index is 2.05. The fourth-order valence-electron chi connectivity index (χ4n) is 2.59. The van der Waals surface area contributed by atoms with E-state index in [1.165, 1.54) is 18.4 Å². The van der Waals surface area contributed by atoms with E-state index in [-0.39, 0.29) is 11.9 Å². The van der Waals surface area contributed by atoms with Gasteiger partial charge in [-0.25, -0.2) is 0 Å². The average Bonchev–Trinajstić information content (AvgIpc) is 2.58. The van der Waals surface area contributed by atoms with Gasteiger partial charge in [-0.15, -0.1) is 0 Å². The highest BCUT2D eigenvalue weighted by molar-refractivity contribution is 5.94. The van der Waals surface area contributed by atoms with Crippen molar-refractivity contribution in [2.45, 2.75) is 39.2 Å². The molecular weight excluding hydrogens is 284 g/mol. The molecule has 0 heterocycles. The van der Waals surface area contributed by atoms with Crippen molar-refractivity contribution < 1.29 is 10.1 Å². The lowest BCUT2D eigenvalue weighted by molar-refractivity contribution is -0.682. The van der Waals surface area contributed by atoms with Crippen molar-refractivity contribution in [3.63, 3.8) is 0 Å². The van der Waals surface area contributed by atoms with Crippen LogP contribution in [-0.2, 0) is 4.79 Å². The fourth-order valence-corrected chi connectivity index (χ4v) is 2.59. The van der Waals surface area contributed by atoms with E-state index in [0.29, 0.717) is 0 Å². The molecule has 0 aromatic heterocycles. The van der Waals surface area contributed by atoms with Crippen molar-refractivity contribution in [1.82, 2.24) is 0 Å². The van der Waals surface area contributed by atoms with Crippen molar-refractivity contribution in [1.29, 1.82) is 0 Å². The van der Waals surface area contributed by atoms with Crippen LogP contribution >= 0.6 is 0 Å². The van der Waals surface area contributed by atoms with Crippen LogP contribution in [0.5, 0.6) is 0 Å². The van der Waals surface area contributed by atoms with Crippen LogP contribution in [0, 0.1) is 6.92 Å². The second-order valence-electron chi connectivity index (χ2n) is 5.98. The van der Waals surface area contributed by atoms with Gasteiger partial charge in [-0.1, -0.05) is 61.4 Å². The third kappa shape index (κ3) is 5.53. The zero-order valence-electron chi connectivity index (χ0n) is 14.1. The van der Waals surface area contributed by atoms with Crippen LogP contribution in [0.15, 0.2) is 54.6 Å². The van der Waals surface area contributed by atoms with Gasteiger partial charge in [-0.05, 0) is 31.9 Å². The number of amides is 1. The van der Waals surface area contributed by atoms with E-state index < -0.39 is 0 Å². The summed E-state index contributed by atoms with van der Waals surface area (Å²) in [6, 6.07) is 17.7. The number of anilines is 1. The van der Waals surface area contributed by atoms with Gasteiger partial charge in [-0.2, -0.15) is 0 Å². The van der Waals surface area contributed by atoms with Gasteiger partial charge in [0.05, 0.1) is 6.54 Å². The maximum atomic E-state index is 12.7. The van der Waals surface area contributed by atoms with Crippen molar-refractivity contribution in [3.05, 3.63) is 65.7 Å². The van der Waals surface area contributed by atoms with E-state index in [4.69, 9.17) is 0 Å². The van der Waals surface area contributed by atoms with Gasteiger partial charge in [0.25, 0.3) is 5.91 Å². The van der Waals surface area contributed by atoms with E-state index in [1.54, 1.807) is 0 Å². The Morgan fingerprint density at radius 2 is 1.74 bits per heavy atom. The highest BCUT2D eigenvalue weighted by Crippen LogP contribution is 2.14. The minimum atomic E-state index is -0.200. The molecule has 3 N–H and O–H groups in total. The van der Waals surface area contributed by atoms with E-state index in [0.717, 1.165) is 24.2 Å². The molecule has 0 radical (unpaired) electrons. The molecule has 0 bridgehead atoms. The molecule has 3 nitrogen and oxygen atoms in total. The van der Waals surface area contributed by atoms with Gasteiger partial charge < -0.3 is 10.6 Å². The maximum absolute atomic E-state index is 12.7. The Morgan fingerprint density at radius 3 is 2.39 bits per heavy atom. The molecule has 1 amide bonds. The monoisotopic (exact) mass is 311 g/mol. The lowest BCUT2D eigenvalue weighted by Crippen LogP contribution is -2.87. The summed E-state index contributed by atoms with van der Waals surface area (Å²) in [5.74, 6) is 0.0385. The summed E-state index contributed by atoms with van der Waals surface area (Å²) >= 11 is 0. The van der Waals surface area contributed by atoms with E-state index in [2.05, 4.69) is 17.6 Å². The molecule has 0 aliphatic carbocycles. The van der Waals surface area contributed by atoms with Gasteiger partial charge in [-0.3, -0.25) is 4.79 Å². The number of hydrogen-bond donors (Lipinski definition) is 2. The first-order valence-corrected chi connectivity index (χ1v) is 8.46. The van der Waals surface area contributed by atoms with Crippen molar-refractivity contribution >= 4 is 11.6 Å². The smallest absolute Gasteiger partial charge is 0.287 e. The highest BCUT2D eigenvalue weighted by Gasteiger charge is 2.23. The number of aryl methyl sites for hydroxylation is 1. The van der Waals surface area contributed by atoms with Gasteiger partial charge in [0, 0.05) is 11.3 Å². The second kappa shape index (κ2) is 9.11. The molecule has 0 unspecified atom stereocenters. The summed E-state index contributed by atoms with van der Waals surface area (Å²) < 4.78 is 0. The first-order valence-electron chi connectivity index (χ1n) is 8.46. The molecule has 0 aliphatic rings. The zero-order chi connectivity index (χ0) is 16.5. The number of carbonyl (C=O) groups is 1. The molecule has 3 heteroatoms. The maximum Gasteiger partial charge on any atom is 0.287 e. The minimum absolute atomic E-state index is 0.0385. The average molecular weight is 311 g/mol. The van der Waals surface area contributed by atoms with Crippen LogP contribution in [0.25, 0.3) is 0 Å². The number of carbonyl (C=O) groups excluding carboxylic acids is 1. The molecule has 0 saturated heterocycles. The molecule has 2 aromatic carbocycles. The predicted octanol–water partition coefficient (Wildman–Crippen LogP) is 3.43. The molecular formula is C20H27N2O+. The van der Waals surface area contributed by atoms with Crippen molar-refractivity contribution in [2.24, 2.45) is 0 Å². The minimum Gasteiger partial charge on any atom is -0.332 e. The normalized spacial score (nSPS) is 11.9. The molecule has 23 heavy (non-hydrogen) atoms. The number of nitrogens with one attached hydrogen (secondary N) is 1. The number of rotatable bonds is 8. The quantitative estimate of drug-likeness (QED) is 0.721. The molecule has 2 aromatic rings. The van der Waals surface area contributed by atoms with Crippen LogP contribution in [0.4, 0.5) is 5.69 Å². The third-order valence-corrected chi connectivity index (χ3v) is 3.97. The van der Waals surface area contributed by atoms with Gasteiger partial charge in [0.2, 0.25) is 0 Å². The summed E-state index contributed by atoms with van der Waals surface area (Å²) in [7, 11) is 0. The topological polar surface area (TPSA) is 45.7 Å². The van der Waals surface area contributed by atoms with Crippen LogP contribution in [0.2, 0.25) is 0 Å². The zero-order valence-corrected chi connectivity index (χ0v) is 14.1. The number of unbranched alkanes of at least 4 members (excludes halogenated alkanes) is 2. The number of hydrogen-bond acceptors (Lipinski definition) is 1. The summed E-state index contributed by atoms with van der Waals surface area (Å²) in [6.45, 7) is 5.20. The van der Waals surface area contributed by atoms with Gasteiger partial charge >= 0.3 is 0 Å². The fraction of sp³-hybridized carbons (Fsp3) is 0.350. The Morgan fingerprint density at radius 1 is 1.04 bits per heavy atom. The molecule has 0 fully saturated rings. The van der Waals surface area contributed by atoms with Gasteiger partial charge in [0.15, 0.2) is 6.04 Å². The third-order valence-electron chi connectivity index (χ3n) is 3.97. The summed E-state index contributed by atoms with van der Waals surface area (Å²) in [4.78, 5) is 12.7. The Bertz CT molecular complexity index is 593. The Labute approximate surface area is 139 Å². The second-order valence-corrected chi connectivity index (χ2v) is 5.98. The lowest BCUT2D eigenvalue weighted by atomic mass is 10.1. The molecule has 0 spiro atoms. The van der Waals surface area contributed by atoms with E-state index in [1.807, 2.05) is 61.5 Å². The number of benzene rings is 2. The first kappa shape index (κ1) is 17.2. The van der Waals surface area contributed by atoms with Crippen LogP contribution in [-0.4, -0.2) is 12.5 Å². The lowest BCUT2D eigenvalue weighted by Gasteiger charge is -2.16. The van der Waals surface area contributed by atoms with Gasteiger partial charge in [0.1, 0.15) is 0 Å². The standard InChI is InChI=1S/C20H26N2O/c1-3-4-8-15-21-19(17-9-6-5-7-10-17)20(23)22-18-13-11-16(2)12-14-18/h5-7,9-14,19,21H,3-4,8,15H2,1-2H3,(H,22,23)/p+1/t19-/m1/s1. The number of quaternary nitrogens is 1. The van der Waals surface area contributed by atoms with Crippen LogP contribution < -0.4 is 10.6 Å². The SMILES string of the molecule is CCCCC[NH2+][C@@H](C(=O)Nc1ccc(C)cc1)c1ccccc1. The molecule has 1 atom stereocenters.